The van der Waals surface area contributed by atoms with E-state index in [1.54, 1.807) is 0 Å². The fourth-order valence-electron chi connectivity index (χ4n) is 8.06. The van der Waals surface area contributed by atoms with E-state index in [4.69, 9.17) is 6.42 Å². The van der Waals surface area contributed by atoms with Crippen LogP contribution in [0.2, 0.25) is 0 Å². The number of unbranched alkanes of at least 4 members (excludes halogenated alkanes) is 1. The summed E-state index contributed by atoms with van der Waals surface area (Å²) in [5.74, 6) is 3.68. The summed E-state index contributed by atoms with van der Waals surface area (Å²) in [4.78, 5) is 0. The van der Waals surface area contributed by atoms with Crippen LogP contribution >= 0.6 is 0 Å². The molecule has 3 nitrogen and oxygen atoms in total. The van der Waals surface area contributed by atoms with Crippen LogP contribution in [-0.2, 0) is 13.0 Å². The number of terminal acetylenes is 1. The Morgan fingerprint density at radius 1 is 0.860 bits per heavy atom. The SMILES string of the molecule is C#Cc1c(/C=C\C)c2ccccc2n1-c1ccc2c(c1)c1c(n2CC(CC)CCCC)CC=CC(n2c(/C=C\C)c(C=C)c3ccccc32)=C1. The van der Waals surface area contributed by atoms with Crippen molar-refractivity contribution in [2.24, 2.45) is 5.92 Å². The molecule has 0 aliphatic heterocycles. The third-order valence-corrected chi connectivity index (χ3v) is 10.5. The van der Waals surface area contributed by atoms with E-state index < -0.39 is 0 Å². The van der Waals surface area contributed by atoms with E-state index in [0.717, 1.165) is 57.8 Å². The van der Waals surface area contributed by atoms with E-state index in [2.05, 4.69) is 156 Å². The second kappa shape index (κ2) is 14.2. The van der Waals surface area contributed by atoms with Crippen molar-refractivity contribution in [2.45, 2.75) is 66.3 Å². The van der Waals surface area contributed by atoms with Crippen LogP contribution in [0.4, 0.5) is 0 Å². The zero-order valence-electron chi connectivity index (χ0n) is 29.9. The van der Waals surface area contributed by atoms with Crippen LogP contribution in [0.3, 0.4) is 0 Å². The highest BCUT2D eigenvalue weighted by Crippen LogP contribution is 2.39. The fraction of sp³-hybridized carbons (Fsp3) is 0.234. The van der Waals surface area contributed by atoms with Crippen molar-refractivity contribution in [1.29, 1.82) is 0 Å². The Labute approximate surface area is 297 Å². The lowest BCUT2D eigenvalue weighted by molar-refractivity contribution is 0.392. The monoisotopic (exact) mass is 653 g/mol. The first-order chi connectivity index (χ1) is 24.6. The van der Waals surface area contributed by atoms with Gasteiger partial charge >= 0.3 is 0 Å². The summed E-state index contributed by atoms with van der Waals surface area (Å²) < 4.78 is 7.29. The first-order valence-electron chi connectivity index (χ1n) is 18.2. The zero-order chi connectivity index (χ0) is 34.8. The largest absolute Gasteiger partial charge is 0.343 e. The predicted octanol–water partition coefficient (Wildman–Crippen LogP) is 12.6. The number of para-hydroxylation sites is 2. The summed E-state index contributed by atoms with van der Waals surface area (Å²) in [5.41, 5.74) is 12.7. The third kappa shape index (κ3) is 5.50. The molecule has 1 atom stereocenters. The van der Waals surface area contributed by atoms with Gasteiger partial charge in [-0.1, -0.05) is 112 Å². The zero-order valence-corrected chi connectivity index (χ0v) is 29.9. The van der Waals surface area contributed by atoms with Crippen LogP contribution in [0.25, 0.3) is 68.4 Å². The molecule has 1 aliphatic carbocycles. The molecule has 1 unspecified atom stereocenters. The number of benzene rings is 3. The molecule has 0 saturated carbocycles. The molecule has 3 heterocycles. The van der Waals surface area contributed by atoms with Crippen LogP contribution in [0, 0.1) is 18.3 Å². The lowest BCUT2D eigenvalue weighted by Crippen LogP contribution is -2.12. The quantitative estimate of drug-likeness (QED) is 0.124. The first kappa shape index (κ1) is 33.1. The van der Waals surface area contributed by atoms with E-state index in [9.17, 15) is 0 Å². The van der Waals surface area contributed by atoms with E-state index in [1.165, 1.54) is 58.7 Å². The molecule has 50 heavy (non-hydrogen) atoms. The molecular weight excluding hydrogens is 607 g/mol. The molecule has 6 aromatic rings. The maximum atomic E-state index is 6.28. The molecule has 0 radical (unpaired) electrons. The van der Waals surface area contributed by atoms with E-state index in [1.807, 2.05) is 13.0 Å². The predicted molar refractivity (Wildman–Crippen MR) is 218 cm³/mol. The van der Waals surface area contributed by atoms with Crippen LogP contribution in [0.5, 0.6) is 0 Å². The van der Waals surface area contributed by atoms with Gasteiger partial charge in [0.15, 0.2) is 0 Å². The Bertz CT molecular complexity index is 2400. The minimum absolute atomic E-state index is 0.625. The van der Waals surface area contributed by atoms with Gasteiger partial charge in [0.1, 0.15) is 5.69 Å². The van der Waals surface area contributed by atoms with E-state index >= 15 is 0 Å². The van der Waals surface area contributed by atoms with Crippen molar-refractivity contribution in [3.05, 3.63) is 131 Å². The van der Waals surface area contributed by atoms with Crippen molar-refractivity contribution in [1.82, 2.24) is 13.7 Å². The highest BCUT2D eigenvalue weighted by atomic mass is 15.0. The average molecular weight is 654 g/mol. The number of aromatic nitrogens is 3. The molecule has 1 aliphatic rings. The summed E-state index contributed by atoms with van der Waals surface area (Å²) in [6, 6.07) is 24.2. The van der Waals surface area contributed by atoms with Gasteiger partial charge in [-0.15, -0.1) is 6.42 Å². The minimum Gasteiger partial charge on any atom is -0.343 e. The topological polar surface area (TPSA) is 14.8 Å². The Morgan fingerprint density at radius 2 is 1.58 bits per heavy atom. The number of rotatable bonds is 11. The lowest BCUT2D eigenvalue weighted by Gasteiger charge is -2.19. The number of nitrogens with zero attached hydrogens (tertiary/aromatic N) is 3. The molecule has 3 heteroatoms. The average Bonchev–Trinajstić information content (AvgIpc) is 3.66. The molecule has 0 bridgehead atoms. The smallest absolute Gasteiger partial charge is 0.105 e. The Kier molecular flexibility index (Phi) is 9.38. The summed E-state index contributed by atoms with van der Waals surface area (Å²) in [6.07, 6.45) is 29.7. The van der Waals surface area contributed by atoms with Gasteiger partial charge < -0.3 is 13.7 Å². The summed E-state index contributed by atoms with van der Waals surface area (Å²) in [6.45, 7) is 14.0. The van der Waals surface area contributed by atoms with E-state index in [0.29, 0.717) is 5.92 Å². The molecule has 0 fully saturated rings. The van der Waals surface area contributed by atoms with Gasteiger partial charge in [0, 0.05) is 68.4 Å². The molecule has 3 aromatic carbocycles. The van der Waals surface area contributed by atoms with Gasteiger partial charge in [0.05, 0.1) is 16.7 Å². The maximum absolute atomic E-state index is 6.28. The molecule has 0 N–H and O–H groups in total. The Morgan fingerprint density at radius 3 is 2.26 bits per heavy atom. The maximum Gasteiger partial charge on any atom is 0.105 e. The Hall–Kier alpha value is -5.46. The number of hydrogen-bond donors (Lipinski definition) is 0. The van der Waals surface area contributed by atoms with Crippen molar-refractivity contribution >= 4 is 62.7 Å². The lowest BCUT2D eigenvalue weighted by atomic mass is 9.99. The third-order valence-electron chi connectivity index (χ3n) is 10.5. The highest BCUT2D eigenvalue weighted by molar-refractivity contribution is 6.02. The van der Waals surface area contributed by atoms with Crippen molar-refractivity contribution in [3.63, 3.8) is 0 Å². The van der Waals surface area contributed by atoms with Gasteiger partial charge in [-0.25, -0.2) is 0 Å². The highest BCUT2D eigenvalue weighted by Gasteiger charge is 2.23. The fourth-order valence-corrected chi connectivity index (χ4v) is 8.06. The van der Waals surface area contributed by atoms with Crippen LogP contribution in [0.15, 0.2) is 97.6 Å². The van der Waals surface area contributed by atoms with Crippen molar-refractivity contribution < 1.29 is 0 Å². The number of fused-ring (bicyclic) bond motifs is 5. The second-order valence-corrected chi connectivity index (χ2v) is 13.4. The van der Waals surface area contributed by atoms with Gasteiger partial charge in [-0.3, -0.25) is 0 Å². The molecule has 7 rings (SSSR count). The standard InChI is InChI=1S/C47H47N3/c1-7-13-21-33(10-4)32-48-43-27-18-22-34(50-45(20-9-3)36(11-5)38-23-14-16-25-46(38)50)30-40(43)41-31-35(28-29-44(41)48)49-42(12-6)37(19-8-2)39-24-15-17-26-47(39)49/h6,8-9,11,14-20,22-26,28-31,33H,5,7,10,13,21,27,32H2,1-4H3/b19-8-,20-9-. The molecule has 250 valence electrons. The van der Waals surface area contributed by atoms with Crippen molar-refractivity contribution in [3.8, 4) is 18.0 Å². The number of allylic oxidation sites excluding steroid dienone is 5. The van der Waals surface area contributed by atoms with Gasteiger partial charge in [-0.2, -0.15) is 0 Å². The minimum atomic E-state index is 0.625. The van der Waals surface area contributed by atoms with Crippen molar-refractivity contribution in [2.75, 3.05) is 0 Å². The molecular formula is C47H47N3. The summed E-state index contributed by atoms with van der Waals surface area (Å²) >= 11 is 0. The van der Waals surface area contributed by atoms with Crippen LogP contribution in [0.1, 0.15) is 87.2 Å². The molecule has 0 amide bonds. The first-order valence-corrected chi connectivity index (χ1v) is 18.2. The molecule has 0 spiro atoms. The number of hydrogen-bond acceptors (Lipinski definition) is 0. The van der Waals surface area contributed by atoms with Crippen LogP contribution < -0.4 is 0 Å². The van der Waals surface area contributed by atoms with Gasteiger partial charge in [0.25, 0.3) is 0 Å². The summed E-state index contributed by atoms with van der Waals surface area (Å²) in [7, 11) is 0. The van der Waals surface area contributed by atoms with Crippen LogP contribution in [-0.4, -0.2) is 13.7 Å². The van der Waals surface area contributed by atoms with E-state index in [-0.39, 0.29) is 0 Å². The Balaban J connectivity index is 1.52. The second-order valence-electron chi connectivity index (χ2n) is 13.4. The molecule has 0 saturated heterocycles. The molecule has 3 aromatic heterocycles. The normalized spacial score (nSPS) is 13.8. The van der Waals surface area contributed by atoms with Gasteiger partial charge in [-0.05, 0) is 74.7 Å². The van der Waals surface area contributed by atoms with Gasteiger partial charge in [0.2, 0.25) is 0 Å². The summed E-state index contributed by atoms with van der Waals surface area (Å²) in [5, 5.41) is 3.63.